The molecule has 4 N–H and O–H groups in total. The molecular formula is C28H34FN7O2. The first-order valence-electron chi connectivity index (χ1n) is 13.4. The lowest BCUT2D eigenvalue weighted by molar-refractivity contribution is 0.102. The minimum absolute atomic E-state index is 0.218. The van der Waals surface area contributed by atoms with Gasteiger partial charge in [0.2, 0.25) is 0 Å². The number of aryl methyl sites for hydroxylation is 1. The molecule has 3 fully saturated rings. The quantitative estimate of drug-likeness (QED) is 0.327. The molecule has 1 amide bonds. The van der Waals surface area contributed by atoms with Crippen molar-refractivity contribution in [3.05, 3.63) is 53.2 Å². The molecule has 0 bridgehead atoms. The fourth-order valence-electron chi connectivity index (χ4n) is 5.91. The van der Waals surface area contributed by atoms with Crippen molar-refractivity contribution >= 4 is 34.8 Å². The molecule has 2 unspecified atom stereocenters. The van der Waals surface area contributed by atoms with Gasteiger partial charge in [-0.15, -0.1) is 0 Å². The molecule has 2 saturated heterocycles. The first-order valence-corrected chi connectivity index (χ1v) is 13.4. The van der Waals surface area contributed by atoms with E-state index in [-0.39, 0.29) is 5.65 Å². The number of nitrogens with two attached hydrogens (primary N) is 1. The minimum atomic E-state index is -0.508. The first-order chi connectivity index (χ1) is 18.4. The molecular weight excluding hydrogens is 485 g/mol. The van der Waals surface area contributed by atoms with E-state index in [1.54, 1.807) is 36.0 Å². The Balaban J connectivity index is 1.18. The summed E-state index contributed by atoms with van der Waals surface area (Å²) in [5.41, 5.74) is 10.2. The van der Waals surface area contributed by atoms with Crippen LogP contribution in [-0.2, 0) is 4.74 Å². The Hall–Kier alpha value is -3.50. The van der Waals surface area contributed by atoms with Crippen molar-refractivity contribution < 1.29 is 13.9 Å². The number of nitrogen functional groups attached to an aromatic ring is 1. The van der Waals surface area contributed by atoms with Crippen molar-refractivity contribution in [1.29, 1.82) is 0 Å². The second kappa shape index (κ2) is 9.99. The van der Waals surface area contributed by atoms with E-state index in [2.05, 4.69) is 25.5 Å². The predicted molar refractivity (Wildman–Crippen MR) is 147 cm³/mol. The van der Waals surface area contributed by atoms with Crippen LogP contribution in [0, 0.1) is 24.6 Å². The number of carbonyl (C=O) groups excluding carboxylic acids is 1. The van der Waals surface area contributed by atoms with Gasteiger partial charge in [0.1, 0.15) is 0 Å². The zero-order valence-corrected chi connectivity index (χ0v) is 21.8. The van der Waals surface area contributed by atoms with Gasteiger partial charge in [-0.3, -0.25) is 9.79 Å². The van der Waals surface area contributed by atoms with Crippen molar-refractivity contribution in [2.75, 3.05) is 48.8 Å². The third kappa shape index (κ3) is 4.63. The maximum atomic E-state index is 14.5. The molecule has 6 rings (SSSR count). The number of piperidine rings is 1. The number of pyridine rings is 1. The average Bonchev–Trinajstić information content (AvgIpc) is 3.21. The topological polar surface area (TPSA) is 109 Å². The number of hydrogen-bond acceptors (Lipinski definition) is 7. The Morgan fingerprint density at radius 1 is 1.26 bits per heavy atom. The lowest BCUT2D eigenvalue weighted by atomic mass is 10.00. The maximum absolute atomic E-state index is 14.5. The summed E-state index contributed by atoms with van der Waals surface area (Å²) in [7, 11) is 0. The first kappa shape index (κ1) is 24.8. The molecule has 3 aliphatic rings. The molecule has 1 aromatic carbocycles. The van der Waals surface area contributed by atoms with E-state index >= 15 is 0 Å². The molecule has 2 atom stereocenters. The summed E-state index contributed by atoms with van der Waals surface area (Å²) in [6.45, 7) is 7.95. The fraction of sp³-hybridized carbons (Fsp3) is 0.464. The van der Waals surface area contributed by atoms with Gasteiger partial charge in [0.25, 0.3) is 5.91 Å². The average molecular weight is 520 g/mol. The number of hydrogen-bond donors (Lipinski definition) is 3. The number of aliphatic imine (C=N–C) groups is 1. The number of imidazole rings is 1. The molecule has 1 aliphatic carbocycles. The van der Waals surface area contributed by atoms with Crippen molar-refractivity contribution in [2.45, 2.75) is 38.8 Å². The minimum Gasteiger partial charge on any atom is -0.397 e. The van der Waals surface area contributed by atoms with Crippen molar-refractivity contribution in [3.8, 4) is 0 Å². The van der Waals surface area contributed by atoms with Gasteiger partial charge < -0.3 is 30.4 Å². The molecule has 2 aliphatic heterocycles. The van der Waals surface area contributed by atoms with Gasteiger partial charge in [-0.25, -0.2) is 9.37 Å². The van der Waals surface area contributed by atoms with Crippen LogP contribution in [0.5, 0.6) is 0 Å². The van der Waals surface area contributed by atoms with E-state index in [1.165, 1.54) is 6.07 Å². The molecule has 2 aromatic heterocycles. The number of aromatic nitrogens is 2. The second-order valence-corrected chi connectivity index (χ2v) is 10.6. The van der Waals surface area contributed by atoms with Crippen molar-refractivity contribution in [2.24, 2.45) is 16.8 Å². The van der Waals surface area contributed by atoms with Gasteiger partial charge in [-0.05, 0) is 38.8 Å². The van der Waals surface area contributed by atoms with E-state index in [4.69, 9.17) is 10.5 Å². The molecule has 38 heavy (non-hydrogen) atoms. The second-order valence-electron chi connectivity index (χ2n) is 10.6. The zero-order valence-electron chi connectivity index (χ0n) is 21.8. The third-order valence-electron chi connectivity index (χ3n) is 8.01. The summed E-state index contributed by atoms with van der Waals surface area (Å²) in [5, 5.41) is 6.63. The Labute approximate surface area is 221 Å². The van der Waals surface area contributed by atoms with Gasteiger partial charge >= 0.3 is 0 Å². The van der Waals surface area contributed by atoms with Gasteiger partial charge in [0, 0.05) is 79.5 Å². The van der Waals surface area contributed by atoms with Crippen LogP contribution in [0.1, 0.15) is 41.4 Å². The molecule has 200 valence electrons. The summed E-state index contributed by atoms with van der Waals surface area (Å²) >= 11 is 0. The number of fused-ring (bicyclic) bond motifs is 2. The largest absolute Gasteiger partial charge is 0.397 e. The number of anilines is 3. The smallest absolute Gasteiger partial charge is 0.257 e. The molecule has 9 nitrogen and oxygen atoms in total. The summed E-state index contributed by atoms with van der Waals surface area (Å²) in [6, 6.07) is 6.09. The molecule has 1 saturated carbocycles. The molecule has 0 spiro atoms. The van der Waals surface area contributed by atoms with Crippen LogP contribution in [0.4, 0.5) is 21.5 Å². The Kier molecular flexibility index (Phi) is 6.53. The number of ether oxygens (including phenoxy) is 1. The highest BCUT2D eigenvalue weighted by Crippen LogP contribution is 2.44. The van der Waals surface area contributed by atoms with Gasteiger partial charge in [0.05, 0.1) is 35.8 Å². The Bertz CT molecular complexity index is 1390. The van der Waals surface area contributed by atoms with Gasteiger partial charge in [0.15, 0.2) is 11.5 Å². The van der Waals surface area contributed by atoms with Crippen LogP contribution in [0.15, 0.2) is 35.6 Å². The summed E-state index contributed by atoms with van der Waals surface area (Å²) in [4.78, 5) is 24.1. The Morgan fingerprint density at radius 2 is 2.03 bits per heavy atom. The van der Waals surface area contributed by atoms with E-state index < -0.39 is 11.7 Å². The number of amides is 1. The van der Waals surface area contributed by atoms with Gasteiger partial charge in [-0.1, -0.05) is 0 Å². The highest BCUT2D eigenvalue weighted by Gasteiger charge is 2.54. The summed E-state index contributed by atoms with van der Waals surface area (Å²) in [5.74, 6) is 0.487. The predicted octanol–water partition coefficient (Wildman–Crippen LogP) is 3.26. The van der Waals surface area contributed by atoms with Crippen molar-refractivity contribution in [3.63, 3.8) is 0 Å². The number of nitrogens with one attached hydrogen (secondary N) is 2. The van der Waals surface area contributed by atoms with E-state index in [1.807, 2.05) is 13.0 Å². The van der Waals surface area contributed by atoms with Crippen LogP contribution in [0.2, 0.25) is 0 Å². The van der Waals surface area contributed by atoms with Crippen LogP contribution >= 0.6 is 0 Å². The highest BCUT2D eigenvalue weighted by atomic mass is 19.1. The zero-order chi connectivity index (χ0) is 26.4. The van der Waals surface area contributed by atoms with E-state index in [0.29, 0.717) is 53.1 Å². The monoisotopic (exact) mass is 519 g/mol. The van der Waals surface area contributed by atoms with E-state index in [9.17, 15) is 9.18 Å². The van der Waals surface area contributed by atoms with E-state index in [0.717, 1.165) is 50.4 Å². The van der Waals surface area contributed by atoms with Crippen molar-refractivity contribution in [1.82, 2.24) is 14.7 Å². The lowest BCUT2D eigenvalue weighted by Crippen LogP contribution is -2.44. The lowest BCUT2D eigenvalue weighted by Gasteiger charge is -2.35. The van der Waals surface area contributed by atoms with Gasteiger partial charge in [-0.2, -0.15) is 0 Å². The highest BCUT2D eigenvalue weighted by molar-refractivity contribution is 6.11. The molecule has 0 radical (unpaired) electrons. The van der Waals surface area contributed by atoms with Crippen LogP contribution in [-0.4, -0.2) is 66.4 Å². The fourth-order valence-corrected chi connectivity index (χ4v) is 5.91. The number of halogens is 1. The van der Waals surface area contributed by atoms with Crippen LogP contribution < -0.4 is 21.3 Å². The molecule has 10 heteroatoms. The number of rotatable bonds is 7. The standard InChI is InChI=1S/C28H34FN7O2/c1-3-31-11-20-24(35-8-6-17(7-9-35)33-26-21-14-38-15-22(21)26)5-4-19(25(20)30)28(37)34-18-10-23(29)27-32-16(2)12-36(27)13-18/h4-5,10-13,17,21-22,26,33H,3,6-9,14-15,30H2,1-2H3,(H,34,37). The molecule has 4 heterocycles. The summed E-state index contributed by atoms with van der Waals surface area (Å²) < 4.78 is 21.6. The SMILES string of the molecule is CCN=Cc1c(N2CCC(NC3C4COCC43)CC2)ccc(C(=O)Nc2cc(F)c3nc(C)cn3c2)c1N. The van der Waals surface area contributed by atoms with Crippen LogP contribution in [0.25, 0.3) is 5.65 Å². The van der Waals surface area contributed by atoms with Crippen LogP contribution in [0.3, 0.4) is 0 Å². The molecule has 3 aromatic rings. The number of benzene rings is 1. The third-order valence-corrected chi connectivity index (χ3v) is 8.01. The number of nitrogens with zero attached hydrogens (tertiary/aromatic N) is 4. The maximum Gasteiger partial charge on any atom is 0.257 e. The normalized spacial score (nSPS) is 23.3. The summed E-state index contributed by atoms with van der Waals surface area (Å²) in [6.07, 6.45) is 7.20. The Morgan fingerprint density at radius 3 is 2.76 bits per heavy atom. The number of carbonyl (C=O) groups is 1.